The van der Waals surface area contributed by atoms with Gasteiger partial charge < -0.3 is 15.4 Å². The van der Waals surface area contributed by atoms with Gasteiger partial charge >= 0.3 is 0 Å². The van der Waals surface area contributed by atoms with Crippen LogP contribution in [0.2, 0.25) is 0 Å². The van der Waals surface area contributed by atoms with Crippen molar-refractivity contribution >= 4 is 11.6 Å². The molecule has 2 aromatic rings. The molecule has 1 amide bonds. The van der Waals surface area contributed by atoms with Crippen molar-refractivity contribution in [2.75, 3.05) is 18.6 Å². The van der Waals surface area contributed by atoms with Crippen LogP contribution in [0.25, 0.3) is 0 Å². The fourth-order valence-electron chi connectivity index (χ4n) is 2.91. The molecule has 1 atom stereocenters. The molecular formula is C16H20N4O2. The second-order valence-electron chi connectivity index (χ2n) is 5.57. The highest BCUT2D eigenvalue weighted by Crippen LogP contribution is 2.35. The molecule has 1 aliphatic heterocycles. The molecular weight excluding hydrogens is 280 g/mol. The number of carbonyl (C=O) groups excluding carboxylic acids is 1. The van der Waals surface area contributed by atoms with Crippen LogP contribution in [0.5, 0.6) is 5.75 Å². The predicted octanol–water partition coefficient (Wildman–Crippen LogP) is 1.79. The van der Waals surface area contributed by atoms with Gasteiger partial charge in [-0.05, 0) is 43.2 Å². The van der Waals surface area contributed by atoms with Crippen molar-refractivity contribution in [1.29, 1.82) is 0 Å². The van der Waals surface area contributed by atoms with Gasteiger partial charge in [0, 0.05) is 25.3 Å². The average molecular weight is 300 g/mol. The minimum Gasteiger partial charge on any atom is -0.497 e. The summed E-state index contributed by atoms with van der Waals surface area (Å²) in [7, 11) is 3.41. The number of benzene rings is 1. The summed E-state index contributed by atoms with van der Waals surface area (Å²) < 4.78 is 6.88. The van der Waals surface area contributed by atoms with Crippen molar-refractivity contribution in [3.63, 3.8) is 0 Å². The molecule has 0 spiro atoms. The van der Waals surface area contributed by atoms with E-state index in [1.165, 1.54) is 0 Å². The number of anilines is 1. The molecule has 3 rings (SSSR count). The van der Waals surface area contributed by atoms with Crippen molar-refractivity contribution in [3.05, 3.63) is 41.2 Å². The first-order valence-electron chi connectivity index (χ1n) is 7.27. The smallest absolute Gasteiger partial charge is 0.276 e. The molecule has 1 unspecified atom stereocenters. The highest BCUT2D eigenvalue weighted by atomic mass is 16.5. The number of hydrogen-bond acceptors (Lipinski definition) is 4. The second kappa shape index (κ2) is 5.46. The van der Waals surface area contributed by atoms with Crippen LogP contribution in [0.3, 0.4) is 0 Å². The van der Waals surface area contributed by atoms with Gasteiger partial charge in [0.15, 0.2) is 0 Å². The van der Waals surface area contributed by atoms with Gasteiger partial charge in [0.25, 0.3) is 5.91 Å². The third-order valence-electron chi connectivity index (χ3n) is 4.05. The minimum atomic E-state index is -0.0811. The van der Waals surface area contributed by atoms with Gasteiger partial charge in [0.1, 0.15) is 11.4 Å². The zero-order valence-corrected chi connectivity index (χ0v) is 13.0. The lowest BCUT2D eigenvalue weighted by atomic mass is 9.96. The standard InChI is InChI=1S/C16H20N4O2/c1-10-8-15(19(2)18-10)16(21)20-7-6-13(17)12-9-11(22-3)4-5-14(12)20/h4-5,8-9,13H,6-7,17H2,1-3H3. The molecule has 2 N–H and O–H groups in total. The molecule has 2 heterocycles. The number of rotatable bonds is 2. The van der Waals surface area contributed by atoms with Crippen LogP contribution >= 0.6 is 0 Å². The Morgan fingerprint density at radius 3 is 2.82 bits per heavy atom. The normalized spacial score (nSPS) is 17.3. The summed E-state index contributed by atoms with van der Waals surface area (Å²) in [6.07, 6.45) is 0.725. The molecule has 22 heavy (non-hydrogen) atoms. The van der Waals surface area contributed by atoms with Gasteiger partial charge in [-0.2, -0.15) is 5.10 Å². The molecule has 1 aromatic carbocycles. The van der Waals surface area contributed by atoms with E-state index in [1.54, 1.807) is 29.8 Å². The maximum absolute atomic E-state index is 12.9. The number of hydrogen-bond donors (Lipinski definition) is 1. The Bertz CT molecular complexity index is 723. The summed E-state index contributed by atoms with van der Waals surface area (Å²) in [5, 5.41) is 4.25. The molecule has 0 radical (unpaired) electrons. The van der Waals surface area contributed by atoms with E-state index < -0.39 is 0 Å². The van der Waals surface area contributed by atoms with Crippen LogP contribution in [0.15, 0.2) is 24.3 Å². The van der Waals surface area contributed by atoms with E-state index in [9.17, 15) is 4.79 Å². The van der Waals surface area contributed by atoms with Crippen molar-refractivity contribution in [2.24, 2.45) is 12.8 Å². The number of aryl methyl sites for hydroxylation is 2. The number of carbonyl (C=O) groups is 1. The van der Waals surface area contributed by atoms with E-state index in [-0.39, 0.29) is 11.9 Å². The monoisotopic (exact) mass is 300 g/mol. The highest BCUT2D eigenvalue weighted by Gasteiger charge is 2.29. The molecule has 116 valence electrons. The largest absolute Gasteiger partial charge is 0.497 e. The van der Waals surface area contributed by atoms with E-state index in [0.29, 0.717) is 12.2 Å². The van der Waals surface area contributed by atoms with Crippen molar-refractivity contribution in [3.8, 4) is 5.75 Å². The van der Waals surface area contributed by atoms with E-state index in [0.717, 1.165) is 29.1 Å². The van der Waals surface area contributed by atoms with E-state index in [1.807, 2.05) is 25.1 Å². The Kier molecular flexibility index (Phi) is 3.62. The van der Waals surface area contributed by atoms with Crippen LogP contribution < -0.4 is 15.4 Å². The second-order valence-corrected chi connectivity index (χ2v) is 5.57. The quantitative estimate of drug-likeness (QED) is 0.917. The molecule has 0 bridgehead atoms. The first-order chi connectivity index (χ1) is 10.5. The van der Waals surface area contributed by atoms with Crippen LogP contribution in [-0.2, 0) is 7.05 Å². The van der Waals surface area contributed by atoms with Crippen molar-refractivity contribution in [1.82, 2.24) is 9.78 Å². The molecule has 0 saturated heterocycles. The Morgan fingerprint density at radius 2 is 2.18 bits per heavy atom. The first kappa shape index (κ1) is 14.6. The zero-order valence-electron chi connectivity index (χ0n) is 13.0. The molecule has 0 saturated carbocycles. The maximum Gasteiger partial charge on any atom is 0.276 e. The summed E-state index contributed by atoms with van der Waals surface area (Å²) in [6.45, 7) is 2.48. The lowest BCUT2D eigenvalue weighted by molar-refractivity contribution is 0.0975. The first-order valence-corrected chi connectivity index (χ1v) is 7.27. The fraction of sp³-hybridized carbons (Fsp3) is 0.375. The average Bonchev–Trinajstić information content (AvgIpc) is 2.85. The van der Waals surface area contributed by atoms with Crippen LogP contribution in [0, 0.1) is 6.92 Å². The Labute approximate surface area is 129 Å². The summed E-state index contributed by atoms with van der Waals surface area (Å²) in [5.74, 6) is 0.696. The highest BCUT2D eigenvalue weighted by molar-refractivity contribution is 6.05. The number of amides is 1. The number of ether oxygens (including phenoxy) is 1. The Hall–Kier alpha value is -2.34. The number of fused-ring (bicyclic) bond motifs is 1. The van der Waals surface area contributed by atoms with E-state index >= 15 is 0 Å². The van der Waals surface area contributed by atoms with Gasteiger partial charge in [-0.1, -0.05) is 0 Å². The van der Waals surface area contributed by atoms with E-state index in [4.69, 9.17) is 10.5 Å². The van der Waals surface area contributed by atoms with Gasteiger partial charge in [-0.25, -0.2) is 0 Å². The summed E-state index contributed by atoms with van der Waals surface area (Å²) in [4.78, 5) is 14.6. The van der Waals surface area contributed by atoms with Crippen LogP contribution in [0.1, 0.15) is 34.2 Å². The summed E-state index contributed by atoms with van der Waals surface area (Å²) in [6, 6.07) is 7.39. The molecule has 6 nitrogen and oxygen atoms in total. The van der Waals surface area contributed by atoms with Crippen LogP contribution in [-0.4, -0.2) is 29.3 Å². The van der Waals surface area contributed by atoms with Gasteiger partial charge in [0.05, 0.1) is 12.8 Å². The Morgan fingerprint density at radius 1 is 1.41 bits per heavy atom. The van der Waals surface area contributed by atoms with Gasteiger partial charge in [0.2, 0.25) is 0 Å². The molecule has 6 heteroatoms. The van der Waals surface area contributed by atoms with Gasteiger partial charge in [-0.15, -0.1) is 0 Å². The van der Waals surface area contributed by atoms with E-state index in [2.05, 4.69) is 5.10 Å². The van der Waals surface area contributed by atoms with Crippen molar-refractivity contribution in [2.45, 2.75) is 19.4 Å². The van der Waals surface area contributed by atoms with Crippen LogP contribution in [0.4, 0.5) is 5.69 Å². The van der Waals surface area contributed by atoms with Gasteiger partial charge in [-0.3, -0.25) is 9.48 Å². The summed E-state index contributed by atoms with van der Waals surface area (Å²) >= 11 is 0. The number of nitrogens with zero attached hydrogens (tertiary/aromatic N) is 3. The molecule has 0 fully saturated rings. The third-order valence-corrected chi connectivity index (χ3v) is 4.05. The topological polar surface area (TPSA) is 73.4 Å². The molecule has 1 aromatic heterocycles. The third kappa shape index (κ3) is 2.35. The minimum absolute atomic E-state index is 0.0542. The summed E-state index contributed by atoms with van der Waals surface area (Å²) in [5.41, 5.74) is 9.39. The SMILES string of the molecule is COc1ccc2c(c1)C(N)CCN2C(=O)c1cc(C)nn1C. The number of aromatic nitrogens is 2. The fourth-order valence-corrected chi connectivity index (χ4v) is 2.91. The molecule has 0 aliphatic carbocycles. The molecule has 1 aliphatic rings. The predicted molar refractivity (Wildman–Crippen MR) is 84.2 cm³/mol. The number of methoxy groups -OCH3 is 1. The Balaban J connectivity index is 2.02. The number of nitrogens with two attached hydrogens (primary N) is 1. The lowest BCUT2D eigenvalue weighted by Crippen LogP contribution is -2.39. The lowest BCUT2D eigenvalue weighted by Gasteiger charge is -2.33. The maximum atomic E-state index is 12.9. The van der Waals surface area contributed by atoms with Crippen molar-refractivity contribution < 1.29 is 9.53 Å². The zero-order chi connectivity index (χ0) is 15.9.